The van der Waals surface area contributed by atoms with E-state index >= 15 is 0 Å². The largest absolute Gasteiger partial charge is 0.100 e. The summed E-state index contributed by atoms with van der Waals surface area (Å²) in [5.41, 5.74) is 6.18. The second-order valence-electron chi connectivity index (χ2n) is 4.95. The molecule has 0 radical (unpaired) electrons. The molecule has 84 valence electrons. The van der Waals surface area contributed by atoms with Crippen LogP contribution in [0.25, 0.3) is 0 Å². The van der Waals surface area contributed by atoms with Crippen LogP contribution in [-0.4, -0.2) is 0 Å². The first-order valence-electron chi connectivity index (χ1n) is 6.07. The average Bonchev–Trinajstić information content (AvgIpc) is 2.18. The molecule has 15 heavy (non-hydrogen) atoms. The predicted molar refractivity (Wildman–Crippen MR) is 69.0 cm³/mol. The lowest BCUT2D eigenvalue weighted by Crippen LogP contribution is -1.96. The van der Waals surface area contributed by atoms with Gasteiger partial charge in [-0.2, -0.15) is 0 Å². The van der Waals surface area contributed by atoms with E-state index in [1.54, 1.807) is 16.7 Å². The van der Waals surface area contributed by atoms with E-state index in [0.29, 0.717) is 0 Å². The number of hydrogen-bond acceptors (Lipinski definition) is 0. The first-order chi connectivity index (χ1) is 7.09. The molecule has 0 aromatic carbocycles. The van der Waals surface area contributed by atoms with Crippen LogP contribution in [0.4, 0.5) is 0 Å². The lowest BCUT2D eigenvalue weighted by atomic mass is 9.90. The maximum Gasteiger partial charge on any atom is -0.0134 e. The summed E-state index contributed by atoms with van der Waals surface area (Å²) < 4.78 is 0. The van der Waals surface area contributed by atoms with Crippen LogP contribution in [-0.2, 0) is 0 Å². The van der Waals surface area contributed by atoms with Crippen molar-refractivity contribution in [1.29, 1.82) is 0 Å². The van der Waals surface area contributed by atoms with E-state index in [9.17, 15) is 0 Å². The van der Waals surface area contributed by atoms with Gasteiger partial charge in [-0.25, -0.2) is 0 Å². The molecular formula is C15H24. The zero-order chi connectivity index (χ0) is 11.3. The predicted octanol–water partition coefficient (Wildman–Crippen LogP) is 5.18. The first kappa shape index (κ1) is 12.3. The number of allylic oxidation sites excluding steroid dienone is 5. The van der Waals surface area contributed by atoms with Crippen LogP contribution < -0.4 is 0 Å². The Kier molecular flexibility index (Phi) is 4.87. The van der Waals surface area contributed by atoms with Gasteiger partial charge in [0.2, 0.25) is 0 Å². The normalized spacial score (nSPS) is 19.8. The molecule has 0 bridgehead atoms. The van der Waals surface area contributed by atoms with Crippen molar-refractivity contribution in [3.8, 4) is 0 Å². The van der Waals surface area contributed by atoms with Gasteiger partial charge in [0.25, 0.3) is 0 Å². The third kappa shape index (κ3) is 4.51. The van der Waals surface area contributed by atoms with Gasteiger partial charge in [-0.15, -0.1) is 6.58 Å². The molecule has 0 aromatic rings. The van der Waals surface area contributed by atoms with Crippen molar-refractivity contribution >= 4 is 0 Å². The molecule has 1 aliphatic carbocycles. The molecule has 1 aliphatic rings. The van der Waals surface area contributed by atoms with Crippen molar-refractivity contribution in [3.63, 3.8) is 0 Å². The summed E-state index contributed by atoms with van der Waals surface area (Å²) in [5, 5.41) is 0. The third-order valence-electron chi connectivity index (χ3n) is 3.28. The van der Waals surface area contributed by atoms with Crippen LogP contribution in [0.2, 0.25) is 0 Å². The highest BCUT2D eigenvalue weighted by atomic mass is 14.1. The van der Waals surface area contributed by atoms with Gasteiger partial charge in [0.05, 0.1) is 0 Å². The molecule has 0 heterocycles. The minimum absolute atomic E-state index is 1.18. The summed E-state index contributed by atoms with van der Waals surface area (Å²) >= 11 is 0. The van der Waals surface area contributed by atoms with Gasteiger partial charge in [-0.05, 0) is 59.3 Å². The molecule has 0 N–H and O–H groups in total. The maximum atomic E-state index is 3.95. The number of rotatable bonds is 4. The van der Waals surface area contributed by atoms with Crippen LogP contribution in [0.15, 0.2) is 34.9 Å². The molecule has 0 spiro atoms. The van der Waals surface area contributed by atoms with Crippen LogP contribution in [0.3, 0.4) is 0 Å². The standard InChI is InChI=1S/C15H24/c1-12(2)6-5-7-14(4)15-10-8-13(3)9-11-15/h8H,1,5-7,9-11H2,2-4H3/b15-14+. The van der Waals surface area contributed by atoms with Crippen molar-refractivity contribution in [1.82, 2.24) is 0 Å². The Morgan fingerprint density at radius 3 is 2.53 bits per heavy atom. The minimum Gasteiger partial charge on any atom is -0.100 e. The van der Waals surface area contributed by atoms with Gasteiger partial charge in [-0.3, -0.25) is 0 Å². The van der Waals surface area contributed by atoms with Crippen LogP contribution in [0.1, 0.15) is 59.3 Å². The molecule has 0 aliphatic heterocycles. The Labute approximate surface area is 94.8 Å². The molecule has 0 heteroatoms. The highest BCUT2D eigenvalue weighted by Gasteiger charge is 2.07. The Morgan fingerprint density at radius 1 is 1.27 bits per heavy atom. The van der Waals surface area contributed by atoms with Crippen LogP contribution in [0, 0.1) is 0 Å². The Hall–Kier alpha value is -0.780. The molecule has 0 unspecified atom stereocenters. The Balaban J connectivity index is 2.41. The van der Waals surface area contributed by atoms with Gasteiger partial charge in [0.15, 0.2) is 0 Å². The van der Waals surface area contributed by atoms with Crippen LogP contribution >= 0.6 is 0 Å². The lowest BCUT2D eigenvalue weighted by Gasteiger charge is -2.16. The van der Waals surface area contributed by atoms with Gasteiger partial charge in [0, 0.05) is 0 Å². The molecule has 1 rings (SSSR count). The third-order valence-corrected chi connectivity index (χ3v) is 3.28. The lowest BCUT2D eigenvalue weighted by molar-refractivity contribution is 0.764. The summed E-state index contributed by atoms with van der Waals surface area (Å²) in [6.07, 6.45) is 9.86. The molecule has 0 saturated carbocycles. The number of hydrogen-bond donors (Lipinski definition) is 0. The molecule has 0 nitrogen and oxygen atoms in total. The van der Waals surface area contributed by atoms with Gasteiger partial charge in [0.1, 0.15) is 0 Å². The van der Waals surface area contributed by atoms with Gasteiger partial charge in [-0.1, -0.05) is 28.4 Å². The van der Waals surface area contributed by atoms with Crippen molar-refractivity contribution in [3.05, 3.63) is 34.9 Å². The van der Waals surface area contributed by atoms with E-state index in [-0.39, 0.29) is 0 Å². The zero-order valence-electron chi connectivity index (χ0n) is 10.5. The highest BCUT2D eigenvalue weighted by Crippen LogP contribution is 2.27. The fourth-order valence-corrected chi connectivity index (χ4v) is 2.07. The quantitative estimate of drug-likeness (QED) is 0.553. The van der Waals surface area contributed by atoms with Crippen LogP contribution in [0.5, 0.6) is 0 Å². The van der Waals surface area contributed by atoms with E-state index in [4.69, 9.17) is 0 Å². The summed E-state index contributed by atoms with van der Waals surface area (Å²) in [5.74, 6) is 0. The molecule has 0 aromatic heterocycles. The van der Waals surface area contributed by atoms with Crippen molar-refractivity contribution < 1.29 is 0 Å². The first-order valence-corrected chi connectivity index (χ1v) is 6.07. The van der Waals surface area contributed by atoms with Crippen molar-refractivity contribution in [2.45, 2.75) is 59.3 Å². The van der Waals surface area contributed by atoms with Crippen molar-refractivity contribution in [2.24, 2.45) is 0 Å². The summed E-state index contributed by atoms with van der Waals surface area (Å²) in [6.45, 7) is 10.6. The van der Waals surface area contributed by atoms with E-state index in [1.807, 2.05) is 0 Å². The molecule has 0 fully saturated rings. The SMILES string of the molecule is C=C(C)CCC/C(C)=C1\CC=C(C)CC1. The van der Waals surface area contributed by atoms with E-state index in [0.717, 1.165) is 0 Å². The monoisotopic (exact) mass is 204 g/mol. The van der Waals surface area contributed by atoms with Crippen molar-refractivity contribution in [2.75, 3.05) is 0 Å². The van der Waals surface area contributed by atoms with Gasteiger partial charge < -0.3 is 0 Å². The molecule has 0 saturated heterocycles. The summed E-state index contributed by atoms with van der Waals surface area (Å²) in [6, 6.07) is 0. The van der Waals surface area contributed by atoms with Gasteiger partial charge >= 0.3 is 0 Å². The molecule has 0 amide bonds. The topological polar surface area (TPSA) is 0 Å². The molecular weight excluding hydrogens is 180 g/mol. The summed E-state index contributed by atoms with van der Waals surface area (Å²) in [4.78, 5) is 0. The van der Waals surface area contributed by atoms with E-state index in [1.165, 1.54) is 44.1 Å². The zero-order valence-corrected chi connectivity index (χ0v) is 10.5. The fourth-order valence-electron chi connectivity index (χ4n) is 2.07. The highest BCUT2D eigenvalue weighted by molar-refractivity contribution is 5.22. The average molecular weight is 204 g/mol. The second-order valence-corrected chi connectivity index (χ2v) is 4.95. The maximum absolute atomic E-state index is 3.95. The minimum atomic E-state index is 1.18. The van der Waals surface area contributed by atoms with E-state index < -0.39 is 0 Å². The van der Waals surface area contributed by atoms with E-state index in [2.05, 4.69) is 33.4 Å². The second kappa shape index (κ2) is 5.95. The Bertz CT molecular complexity index is 289. The smallest absolute Gasteiger partial charge is 0.0134 e. The Morgan fingerprint density at radius 2 is 2.00 bits per heavy atom. The molecule has 0 atom stereocenters. The summed E-state index contributed by atoms with van der Waals surface area (Å²) in [7, 11) is 0. The fraction of sp³-hybridized carbons (Fsp3) is 0.600.